The van der Waals surface area contributed by atoms with Crippen LogP contribution >= 0.6 is 33.9 Å². The monoisotopic (exact) mass is 361 g/mol. The summed E-state index contributed by atoms with van der Waals surface area (Å²) in [5, 5.41) is 0. The van der Waals surface area contributed by atoms with Crippen LogP contribution < -0.4 is 5.56 Å². The molecule has 0 spiro atoms. The molecule has 0 aliphatic rings. The van der Waals surface area contributed by atoms with E-state index in [2.05, 4.69) is 15.0 Å². The summed E-state index contributed by atoms with van der Waals surface area (Å²) >= 11 is 3.51. The first-order chi connectivity index (χ1) is 7.89. The predicted molar refractivity (Wildman–Crippen MR) is 77.4 cm³/mol. The third-order valence-corrected chi connectivity index (χ3v) is 4.02. The van der Waals surface area contributed by atoms with E-state index in [0.717, 1.165) is 10.6 Å². The average molecular weight is 361 g/mol. The van der Waals surface area contributed by atoms with E-state index in [-0.39, 0.29) is 11.0 Å². The van der Waals surface area contributed by atoms with E-state index >= 15 is 0 Å². The number of aromatic amines is 1. The molecule has 0 fully saturated rings. The molecule has 0 aromatic carbocycles. The maximum Gasteiger partial charge on any atom is 0.264 e. The second-order valence-electron chi connectivity index (χ2n) is 4.69. The molecule has 2 heterocycles. The lowest BCUT2D eigenvalue weighted by molar-refractivity contribution is 0.562. The number of halogens is 1. The summed E-state index contributed by atoms with van der Waals surface area (Å²) in [5.74, 6) is 0.600. The molecule has 90 valence electrons. The topological polar surface area (TPSA) is 58.6 Å². The quantitative estimate of drug-likeness (QED) is 0.795. The van der Waals surface area contributed by atoms with Gasteiger partial charge in [0.05, 0.1) is 16.1 Å². The average Bonchev–Trinajstić information content (AvgIpc) is 2.73. The molecular weight excluding hydrogens is 349 g/mol. The van der Waals surface area contributed by atoms with Crippen molar-refractivity contribution in [3.8, 4) is 10.7 Å². The number of thiazole rings is 1. The van der Waals surface area contributed by atoms with Crippen molar-refractivity contribution >= 4 is 33.9 Å². The van der Waals surface area contributed by atoms with Crippen LogP contribution in [0.2, 0.25) is 0 Å². The Morgan fingerprint density at radius 3 is 2.65 bits per heavy atom. The van der Waals surface area contributed by atoms with Gasteiger partial charge in [0.25, 0.3) is 5.56 Å². The van der Waals surface area contributed by atoms with Crippen molar-refractivity contribution in [3.63, 3.8) is 0 Å². The highest BCUT2D eigenvalue weighted by Gasteiger charge is 2.22. The van der Waals surface area contributed by atoms with Gasteiger partial charge in [-0.1, -0.05) is 20.8 Å². The Labute approximate surface area is 117 Å². The molecule has 0 atom stereocenters. The van der Waals surface area contributed by atoms with E-state index in [9.17, 15) is 4.79 Å². The third-order valence-electron chi connectivity index (χ3n) is 2.24. The summed E-state index contributed by atoms with van der Waals surface area (Å²) in [6.07, 6.45) is 1.71. The molecule has 1 N–H and O–H groups in total. The number of H-pyrrole nitrogens is 1. The van der Waals surface area contributed by atoms with Crippen LogP contribution in [0.4, 0.5) is 0 Å². The fraction of sp³-hybridized carbons (Fsp3) is 0.364. The lowest BCUT2D eigenvalue weighted by Gasteiger charge is -2.19. The van der Waals surface area contributed by atoms with Gasteiger partial charge in [0, 0.05) is 11.6 Å². The molecule has 0 unspecified atom stereocenters. The lowest BCUT2D eigenvalue weighted by atomic mass is 9.92. The minimum absolute atomic E-state index is 0.0890. The van der Waals surface area contributed by atoms with E-state index in [1.807, 2.05) is 43.4 Å². The summed E-state index contributed by atoms with van der Waals surface area (Å²) in [4.78, 5) is 24.1. The van der Waals surface area contributed by atoms with Crippen molar-refractivity contribution in [1.82, 2.24) is 15.0 Å². The number of aromatic nitrogens is 3. The predicted octanol–water partition coefficient (Wildman–Crippen LogP) is 2.80. The molecule has 2 aromatic rings. The zero-order chi connectivity index (χ0) is 12.6. The highest BCUT2D eigenvalue weighted by atomic mass is 127. The normalized spacial score (nSPS) is 11.8. The third kappa shape index (κ3) is 2.57. The molecule has 2 aromatic heterocycles. The lowest BCUT2D eigenvalue weighted by Crippen LogP contribution is -2.24. The molecule has 0 amide bonds. The number of rotatable bonds is 1. The Bertz CT molecular complexity index is 584. The number of nitrogens with zero attached hydrogens (tertiary/aromatic N) is 2. The van der Waals surface area contributed by atoms with E-state index in [4.69, 9.17) is 0 Å². The van der Waals surface area contributed by atoms with Gasteiger partial charge in [0.15, 0.2) is 5.82 Å². The highest BCUT2D eigenvalue weighted by Crippen LogP contribution is 2.26. The zero-order valence-corrected chi connectivity index (χ0v) is 12.7. The van der Waals surface area contributed by atoms with Gasteiger partial charge in [-0.15, -0.1) is 11.3 Å². The van der Waals surface area contributed by atoms with Crippen LogP contribution in [0.3, 0.4) is 0 Å². The fourth-order valence-corrected chi connectivity index (χ4v) is 3.03. The van der Waals surface area contributed by atoms with Crippen molar-refractivity contribution in [2.75, 3.05) is 0 Å². The van der Waals surface area contributed by atoms with E-state index in [0.29, 0.717) is 9.39 Å². The Balaban J connectivity index is 2.67. The van der Waals surface area contributed by atoms with E-state index < -0.39 is 0 Å². The summed E-state index contributed by atoms with van der Waals surface area (Å²) in [6, 6.07) is 0. The second kappa shape index (κ2) is 4.49. The standard InChI is InChI=1S/C11H12IN3OS/c1-11(2,3)8-7(12)10(16)15-9(14-8)6-4-13-5-17-6/h4-5H,1-3H3,(H,14,15,16). The van der Waals surface area contributed by atoms with Crippen molar-refractivity contribution in [2.24, 2.45) is 0 Å². The minimum Gasteiger partial charge on any atom is -0.305 e. The van der Waals surface area contributed by atoms with Crippen molar-refractivity contribution < 1.29 is 0 Å². The summed E-state index contributed by atoms with van der Waals surface area (Å²) in [5.41, 5.74) is 2.31. The molecule has 0 aliphatic carbocycles. The Morgan fingerprint density at radius 2 is 2.12 bits per heavy atom. The summed E-state index contributed by atoms with van der Waals surface area (Å²) in [6.45, 7) is 6.15. The van der Waals surface area contributed by atoms with Gasteiger partial charge in [-0.2, -0.15) is 0 Å². The van der Waals surface area contributed by atoms with Crippen molar-refractivity contribution in [3.05, 3.63) is 31.3 Å². The molecular formula is C11H12IN3OS. The maximum absolute atomic E-state index is 11.9. The molecule has 0 aliphatic heterocycles. The molecule has 4 nitrogen and oxygen atoms in total. The summed E-state index contributed by atoms with van der Waals surface area (Å²) in [7, 11) is 0. The molecule has 0 bridgehead atoms. The SMILES string of the molecule is CC(C)(C)c1nc(-c2cncs2)[nH]c(=O)c1I. The molecule has 0 saturated heterocycles. The summed E-state index contributed by atoms with van der Waals surface area (Å²) < 4.78 is 0.656. The molecule has 2 rings (SSSR count). The number of nitrogens with one attached hydrogen (secondary N) is 1. The highest BCUT2D eigenvalue weighted by molar-refractivity contribution is 14.1. The van der Waals surface area contributed by atoms with Crippen LogP contribution in [0.5, 0.6) is 0 Å². The van der Waals surface area contributed by atoms with E-state index in [1.165, 1.54) is 11.3 Å². The van der Waals surface area contributed by atoms with Gasteiger partial charge < -0.3 is 4.98 Å². The van der Waals surface area contributed by atoms with Crippen LogP contribution in [0.25, 0.3) is 10.7 Å². The zero-order valence-electron chi connectivity index (χ0n) is 9.74. The first-order valence-corrected chi connectivity index (χ1v) is 7.04. The van der Waals surface area contributed by atoms with Gasteiger partial charge in [0.1, 0.15) is 3.57 Å². The van der Waals surface area contributed by atoms with Gasteiger partial charge in [-0.05, 0) is 22.6 Å². The smallest absolute Gasteiger partial charge is 0.264 e. The van der Waals surface area contributed by atoms with Crippen LogP contribution in [-0.2, 0) is 5.41 Å². The number of hydrogen-bond donors (Lipinski definition) is 1. The molecule has 0 radical (unpaired) electrons. The largest absolute Gasteiger partial charge is 0.305 e. The second-order valence-corrected chi connectivity index (χ2v) is 6.66. The Kier molecular flexibility index (Phi) is 3.35. The fourth-order valence-electron chi connectivity index (χ4n) is 1.41. The minimum atomic E-state index is -0.149. The van der Waals surface area contributed by atoms with Gasteiger partial charge in [0.2, 0.25) is 0 Å². The van der Waals surface area contributed by atoms with Crippen LogP contribution in [0.1, 0.15) is 26.5 Å². The van der Waals surface area contributed by atoms with Crippen molar-refractivity contribution in [1.29, 1.82) is 0 Å². The van der Waals surface area contributed by atoms with Crippen LogP contribution in [-0.4, -0.2) is 15.0 Å². The first kappa shape index (κ1) is 12.7. The molecule has 0 saturated carbocycles. The van der Waals surface area contributed by atoms with Gasteiger partial charge in [-0.25, -0.2) is 4.98 Å². The molecule has 6 heteroatoms. The van der Waals surface area contributed by atoms with Gasteiger partial charge in [-0.3, -0.25) is 9.78 Å². The number of hydrogen-bond acceptors (Lipinski definition) is 4. The van der Waals surface area contributed by atoms with Gasteiger partial charge >= 0.3 is 0 Å². The van der Waals surface area contributed by atoms with Crippen LogP contribution in [0.15, 0.2) is 16.5 Å². The first-order valence-electron chi connectivity index (χ1n) is 5.09. The Morgan fingerprint density at radius 1 is 1.41 bits per heavy atom. The maximum atomic E-state index is 11.9. The van der Waals surface area contributed by atoms with Crippen molar-refractivity contribution in [2.45, 2.75) is 26.2 Å². The van der Waals surface area contributed by atoms with E-state index in [1.54, 1.807) is 11.7 Å². The van der Waals surface area contributed by atoms with Crippen LogP contribution in [0, 0.1) is 3.57 Å². The Hall–Kier alpha value is -0.760. The molecule has 17 heavy (non-hydrogen) atoms.